The van der Waals surface area contributed by atoms with Crippen molar-refractivity contribution in [3.63, 3.8) is 0 Å². The summed E-state index contributed by atoms with van der Waals surface area (Å²) >= 11 is 6.35. The Morgan fingerprint density at radius 3 is 2.19 bits per heavy atom. The molecule has 0 fully saturated rings. The van der Waals surface area contributed by atoms with E-state index in [9.17, 15) is 4.57 Å². The summed E-state index contributed by atoms with van der Waals surface area (Å²) in [5, 5.41) is 0.522. The predicted molar refractivity (Wildman–Crippen MR) is 88.6 cm³/mol. The molecule has 0 saturated carbocycles. The molecule has 1 atom stereocenters. The topological polar surface area (TPSA) is 38.8 Å². The molecule has 0 saturated heterocycles. The van der Waals surface area contributed by atoms with Crippen LogP contribution < -0.4 is 0 Å². The number of hydrogen-bond donors (Lipinski definition) is 0. The molecule has 0 aromatic heterocycles. The lowest BCUT2D eigenvalue weighted by Gasteiger charge is -2.29. The number of benzene rings is 1. The van der Waals surface area contributed by atoms with Crippen LogP contribution in [-0.4, -0.2) is 38.0 Å². The highest BCUT2D eigenvalue weighted by Crippen LogP contribution is 2.54. The van der Waals surface area contributed by atoms with Gasteiger partial charge in [-0.1, -0.05) is 41.9 Å². The summed E-state index contributed by atoms with van der Waals surface area (Å²) in [7, 11) is 0.346. The van der Waals surface area contributed by atoms with Crippen molar-refractivity contribution in [2.75, 3.05) is 27.3 Å². The smallest absolute Gasteiger partial charge is 0.308 e. The molecule has 0 N–H and O–H groups in total. The Morgan fingerprint density at radius 2 is 1.76 bits per heavy atom. The maximum absolute atomic E-state index is 12.9. The molecule has 0 amide bonds. The van der Waals surface area contributed by atoms with E-state index in [1.54, 1.807) is 24.8 Å². The molecule has 21 heavy (non-hydrogen) atoms. The lowest BCUT2D eigenvalue weighted by molar-refractivity contribution is 0.196. The maximum atomic E-state index is 12.9. The first-order valence-electron chi connectivity index (χ1n) is 6.92. The van der Waals surface area contributed by atoms with Gasteiger partial charge in [0.15, 0.2) is 0 Å². The maximum Gasteiger partial charge on any atom is 0.351 e. The van der Waals surface area contributed by atoms with Crippen LogP contribution in [0.3, 0.4) is 0 Å². The van der Waals surface area contributed by atoms with Crippen molar-refractivity contribution < 1.29 is 13.6 Å². The van der Waals surface area contributed by atoms with Gasteiger partial charge in [-0.25, -0.2) is 0 Å². The Labute approximate surface area is 132 Å². The quantitative estimate of drug-likeness (QED) is 0.661. The zero-order valence-electron chi connectivity index (χ0n) is 13.0. The third kappa shape index (κ3) is 5.24. The van der Waals surface area contributed by atoms with Crippen LogP contribution in [0.5, 0.6) is 0 Å². The second-order valence-electron chi connectivity index (χ2n) is 4.63. The molecule has 4 nitrogen and oxygen atoms in total. The van der Waals surface area contributed by atoms with E-state index in [0.29, 0.717) is 18.2 Å². The van der Waals surface area contributed by atoms with Crippen molar-refractivity contribution in [3.05, 3.63) is 42.0 Å². The fourth-order valence-electron chi connectivity index (χ4n) is 1.90. The van der Waals surface area contributed by atoms with E-state index < -0.39 is 13.4 Å². The van der Waals surface area contributed by atoms with Crippen LogP contribution in [0.15, 0.2) is 36.4 Å². The number of rotatable bonds is 8. The number of halogens is 1. The van der Waals surface area contributed by atoms with E-state index in [4.69, 9.17) is 20.6 Å². The van der Waals surface area contributed by atoms with Crippen LogP contribution in [0, 0.1) is 0 Å². The summed E-state index contributed by atoms with van der Waals surface area (Å²) < 4.78 is 23.8. The van der Waals surface area contributed by atoms with Crippen molar-refractivity contribution in [2.45, 2.75) is 19.6 Å². The van der Waals surface area contributed by atoms with Gasteiger partial charge in [0, 0.05) is 5.03 Å². The highest BCUT2D eigenvalue weighted by molar-refractivity contribution is 7.54. The predicted octanol–water partition coefficient (Wildman–Crippen LogP) is 4.42. The Balaban J connectivity index is 3.14. The average molecular weight is 332 g/mol. The van der Waals surface area contributed by atoms with Crippen LogP contribution in [0.25, 0.3) is 5.03 Å². The third-order valence-electron chi connectivity index (χ3n) is 2.82. The van der Waals surface area contributed by atoms with E-state index >= 15 is 0 Å². The van der Waals surface area contributed by atoms with Crippen LogP contribution >= 0.6 is 19.2 Å². The van der Waals surface area contributed by atoms with Crippen molar-refractivity contribution >= 4 is 24.2 Å². The molecule has 0 unspecified atom stereocenters. The summed E-state index contributed by atoms with van der Waals surface area (Å²) in [6.07, 6.45) is 1.73. The van der Waals surface area contributed by atoms with E-state index in [1.807, 2.05) is 44.4 Å². The lowest BCUT2D eigenvalue weighted by atomic mass is 10.2. The lowest BCUT2D eigenvalue weighted by Crippen LogP contribution is -2.28. The Bertz CT molecular complexity index is 495. The molecule has 0 radical (unpaired) electrons. The molecule has 0 heterocycles. The summed E-state index contributed by atoms with van der Waals surface area (Å²) in [5.41, 5.74) is 0.866. The molecular weight excluding hydrogens is 309 g/mol. The Kier molecular flexibility index (Phi) is 7.64. The van der Waals surface area contributed by atoms with Crippen molar-refractivity contribution in [3.8, 4) is 0 Å². The fourth-order valence-corrected chi connectivity index (χ4v) is 4.23. The Hall–Kier alpha value is -0.640. The van der Waals surface area contributed by atoms with Gasteiger partial charge in [-0.2, -0.15) is 0 Å². The first-order valence-corrected chi connectivity index (χ1v) is 8.91. The van der Waals surface area contributed by atoms with Crippen molar-refractivity contribution in [1.82, 2.24) is 4.90 Å². The zero-order chi connectivity index (χ0) is 15.9. The van der Waals surface area contributed by atoms with Gasteiger partial charge < -0.3 is 9.05 Å². The molecule has 0 bridgehead atoms. The molecule has 1 aromatic rings. The standard InChI is InChI=1S/C15H23ClNO3P/c1-5-19-21(18,20-6-2)15(17(3)4)12-14(16)13-10-8-7-9-11-13/h7-12,15H,5-6H2,1-4H3/b14-12-/t15-/m1/s1. The van der Waals surface area contributed by atoms with Gasteiger partial charge in [-0.15, -0.1) is 0 Å². The molecule has 118 valence electrons. The summed E-state index contributed by atoms with van der Waals surface area (Å²) in [4.78, 5) is 1.79. The summed E-state index contributed by atoms with van der Waals surface area (Å²) in [6, 6.07) is 9.53. The minimum atomic E-state index is -3.29. The van der Waals surface area contributed by atoms with E-state index in [1.165, 1.54) is 0 Å². The molecular formula is C15H23ClNO3P. The van der Waals surface area contributed by atoms with E-state index in [0.717, 1.165) is 5.56 Å². The van der Waals surface area contributed by atoms with Gasteiger partial charge in [-0.3, -0.25) is 9.46 Å². The first kappa shape index (κ1) is 18.4. The van der Waals surface area contributed by atoms with Gasteiger partial charge in [0.25, 0.3) is 0 Å². The van der Waals surface area contributed by atoms with Crippen molar-refractivity contribution in [2.24, 2.45) is 0 Å². The van der Waals surface area contributed by atoms with E-state index in [2.05, 4.69) is 0 Å². The van der Waals surface area contributed by atoms with Crippen LogP contribution in [0.4, 0.5) is 0 Å². The van der Waals surface area contributed by atoms with Crippen LogP contribution in [-0.2, 0) is 13.6 Å². The molecule has 0 aliphatic carbocycles. The largest absolute Gasteiger partial charge is 0.351 e. The summed E-state index contributed by atoms with van der Waals surface area (Å²) in [6.45, 7) is 4.22. The number of likely N-dealkylation sites (N-methyl/N-ethyl adjacent to an activating group) is 1. The minimum absolute atomic E-state index is 0.318. The third-order valence-corrected chi connectivity index (χ3v) is 5.66. The number of hydrogen-bond acceptors (Lipinski definition) is 4. The fraction of sp³-hybridized carbons (Fsp3) is 0.467. The van der Waals surface area contributed by atoms with Gasteiger partial charge >= 0.3 is 7.60 Å². The molecule has 1 rings (SSSR count). The molecule has 0 spiro atoms. The average Bonchev–Trinajstić information content (AvgIpc) is 2.45. The Morgan fingerprint density at radius 1 is 1.24 bits per heavy atom. The SMILES string of the molecule is CCOP(=O)(OCC)[C@H](/C=C(\Cl)c1ccccc1)N(C)C. The van der Waals surface area contributed by atoms with Gasteiger partial charge in [-0.05, 0) is 39.6 Å². The van der Waals surface area contributed by atoms with E-state index in [-0.39, 0.29) is 0 Å². The van der Waals surface area contributed by atoms with Crippen LogP contribution in [0.2, 0.25) is 0 Å². The second-order valence-corrected chi connectivity index (χ2v) is 7.17. The first-order chi connectivity index (χ1) is 9.94. The molecule has 1 aromatic carbocycles. The monoisotopic (exact) mass is 331 g/mol. The minimum Gasteiger partial charge on any atom is -0.308 e. The van der Waals surface area contributed by atoms with Gasteiger partial charge in [0.2, 0.25) is 0 Å². The van der Waals surface area contributed by atoms with Gasteiger partial charge in [0.05, 0.1) is 13.2 Å². The highest BCUT2D eigenvalue weighted by Gasteiger charge is 2.36. The molecule has 6 heteroatoms. The molecule has 0 aliphatic heterocycles. The van der Waals surface area contributed by atoms with Gasteiger partial charge in [0.1, 0.15) is 5.78 Å². The van der Waals surface area contributed by atoms with Crippen LogP contribution in [0.1, 0.15) is 19.4 Å². The second kappa shape index (κ2) is 8.72. The highest BCUT2D eigenvalue weighted by atomic mass is 35.5. The van der Waals surface area contributed by atoms with Crippen molar-refractivity contribution in [1.29, 1.82) is 0 Å². The molecule has 0 aliphatic rings. The normalized spacial score (nSPS) is 14.5. The zero-order valence-corrected chi connectivity index (χ0v) is 14.6. The number of nitrogens with zero attached hydrogens (tertiary/aromatic N) is 1. The summed E-state index contributed by atoms with van der Waals surface area (Å²) in [5.74, 6) is -0.537.